The largest absolute Gasteiger partial charge is 0.379 e. The maximum Gasteiger partial charge on any atom is 0.251 e. The molecule has 1 aromatic rings. The maximum atomic E-state index is 12.3. The predicted octanol–water partition coefficient (Wildman–Crippen LogP) is 1.98. The topological polar surface area (TPSA) is 44.8 Å². The number of hydrogen-bond donors (Lipinski definition) is 1. The monoisotopic (exact) mass is 345 g/mol. The fourth-order valence-corrected chi connectivity index (χ4v) is 3.62. The van der Waals surface area contributed by atoms with Crippen LogP contribution in [-0.4, -0.2) is 68.7 Å². The van der Waals surface area contributed by atoms with Crippen LogP contribution in [0.3, 0.4) is 0 Å². The van der Waals surface area contributed by atoms with Gasteiger partial charge < -0.3 is 15.0 Å². The van der Waals surface area contributed by atoms with Crippen molar-refractivity contribution in [2.45, 2.75) is 25.8 Å². The highest BCUT2D eigenvalue weighted by molar-refractivity contribution is 5.94. The highest BCUT2D eigenvalue weighted by Gasteiger charge is 2.16. The molecule has 2 fully saturated rings. The van der Waals surface area contributed by atoms with E-state index in [0.717, 1.165) is 57.3 Å². The van der Waals surface area contributed by atoms with Gasteiger partial charge in [0.15, 0.2) is 0 Å². The Balaban J connectivity index is 1.39. The first-order valence-electron chi connectivity index (χ1n) is 9.56. The van der Waals surface area contributed by atoms with E-state index in [2.05, 4.69) is 34.3 Å². The first kappa shape index (κ1) is 18.4. The molecular weight excluding hydrogens is 314 g/mol. The Morgan fingerprint density at radius 1 is 1.12 bits per heavy atom. The van der Waals surface area contributed by atoms with Gasteiger partial charge in [-0.15, -0.1) is 0 Å². The van der Waals surface area contributed by atoms with E-state index in [1.807, 2.05) is 12.1 Å². The van der Waals surface area contributed by atoms with Gasteiger partial charge in [0.1, 0.15) is 0 Å². The summed E-state index contributed by atoms with van der Waals surface area (Å²) >= 11 is 0. The lowest BCUT2D eigenvalue weighted by Crippen LogP contribution is -2.35. The summed E-state index contributed by atoms with van der Waals surface area (Å²) in [6.07, 6.45) is 3.60. The van der Waals surface area contributed by atoms with Crippen LogP contribution in [0.2, 0.25) is 0 Å². The standard InChI is InChI=1S/C20H31N3O2/c1-22-10-7-17(8-11-22)6-9-21-20(24)19-4-2-18(3-5-19)16-23-12-14-25-15-13-23/h2-5,17H,6-16H2,1H3,(H,21,24). The van der Waals surface area contributed by atoms with Gasteiger partial charge in [0.05, 0.1) is 13.2 Å². The maximum absolute atomic E-state index is 12.3. The molecule has 2 heterocycles. The summed E-state index contributed by atoms with van der Waals surface area (Å²) in [5.74, 6) is 0.804. The van der Waals surface area contributed by atoms with Crippen LogP contribution in [-0.2, 0) is 11.3 Å². The van der Waals surface area contributed by atoms with E-state index in [1.165, 1.54) is 31.5 Å². The average molecular weight is 345 g/mol. The van der Waals surface area contributed by atoms with E-state index in [-0.39, 0.29) is 5.91 Å². The van der Waals surface area contributed by atoms with E-state index < -0.39 is 0 Å². The first-order chi connectivity index (χ1) is 12.2. The molecule has 25 heavy (non-hydrogen) atoms. The van der Waals surface area contributed by atoms with Crippen LogP contribution in [0.5, 0.6) is 0 Å². The molecule has 2 aliphatic rings. The van der Waals surface area contributed by atoms with Crippen molar-refractivity contribution in [2.24, 2.45) is 5.92 Å². The predicted molar refractivity (Wildman–Crippen MR) is 99.7 cm³/mol. The van der Waals surface area contributed by atoms with Crippen LogP contribution >= 0.6 is 0 Å². The number of carbonyl (C=O) groups excluding carboxylic acids is 1. The van der Waals surface area contributed by atoms with Crippen LogP contribution in [0.1, 0.15) is 35.2 Å². The highest BCUT2D eigenvalue weighted by atomic mass is 16.5. The van der Waals surface area contributed by atoms with Crippen molar-refractivity contribution < 1.29 is 9.53 Å². The summed E-state index contributed by atoms with van der Waals surface area (Å²) in [6.45, 7) is 7.69. The molecule has 5 heteroatoms. The molecule has 0 aromatic heterocycles. The zero-order valence-electron chi connectivity index (χ0n) is 15.4. The molecule has 5 nitrogen and oxygen atoms in total. The molecule has 0 aliphatic carbocycles. The molecule has 2 aliphatic heterocycles. The van der Waals surface area contributed by atoms with Crippen LogP contribution < -0.4 is 5.32 Å². The Morgan fingerprint density at radius 2 is 1.80 bits per heavy atom. The molecule has 2 saturated heterocycles. The van der Waals surface area contributed by atoms with Crippen molar-refractivity contribution in [2.75, 3.05) is 53.0 Å². The molecule has 0 atom stereocenters. The summed E-state index contributed by atoms with van der Waals surface area (Å²) in [4.78, 5) is 17.1. The molecule has 0 radical (unpaired) electrons. The van der Waals surface area contributed by atoms with Crippen molar-refractivity contribution >= 4 is 5.91 Å². The van der Waals surface area contributed by atoms with Crippen molar-refractivity contribution in [1.29, 1.82) is 0 Å². The fraction of sp³-hybridized carbons (Fsp3) is 0.650. The third-order valence-electron chi connectivity index (χ3n) is 5.40. The number of nitrogens with zero attached hydrogens (tertiary/aromatic N) is 2. The molecule has 0 bridgehead atoms. The number of amides is 1. The van der Waals surface area contributed by atoms with Crippen LogP contribution in [0.15, 0.2) is 24.3 Å². The van der Waals surface area contributed by atoms with Gasteiger partial charge in [0.2, 0.25) is 0 Å². The number of nitrogens with one attached hydrogen (secondary N) is 1. The van der Waals surface area contributed by atoms with Gasteiger partial charge in [-0.05, 0) is 63.0 Å². The minimum absolute atomic E-state index is 0.0471. The number of morpholine rings is 1. The van der Waals surface area contributed by atoms with E-state index in [9.17, 15) is 4.79 Å². The van der Waals surface area contributed by atoms with Crippen LogP contribution in [0, 0.1) is 5.92 Å². The Kier molecular flexibility index (Phi) is 6.84. The molecule has 1 amide bonds. The average Bonchev–Trinajstić information content (AvgIpc) is 2.65. The van der Waals surface area contributed by atoms with Crippen LogP contribution in [0.4, 0.5) is 0 Å². The second-order valence-corrected chi connectivity index (χ2v) is 7.38. The molecule has 1 aromatic carbocycles. The third-order valence-corrected chi connectivity index (χ3v) is 5.40. The van der Waals surface area contributed by atoms with Gasteiger partial charge in [-0.1, -0.05) is 12.1 Å². The highest BCUT2D eigenvalue weighted by Crippen LogP contribution is 2.18. The lowest BCUT2D eigenvalue weighted by molar-refractivity contribution is 0.0342. The number of hydrogen-bond acceptors (Lipinski definition) is 4. The molecule has 138 valence electrons. The summed E-state index contributed by atoms with van der Waals surface area (Å²) < 4.78 is 5.38. The minimum atomic E-state index is 0.0471. The lowest BCUT2D eigenvalue weighted by Gasteiger charge is -2.28. The van der Waals surface area contributed by atoms with Gasteiger partial charge >= 0.3 is 0 Å². The molecular formula is C20H31N3O2. The number of likely N-dealkylation sites (tertiary alicyclic amines) is 1. The summed E-state index contributed by atoms with van der Waals surface area (Å²) in [7, 11) is 2.18. The second-order valence-electron chi connectivity index (χ2n) is 7.38. The zero-order valence-corrected chi connectivity index (χ0v) is 15.4. The Hall–Kier alpha value is -1.43. The molecule has 1 N–H and O–H groups in total. The number of benzene rings is 1. The first-order valence-corrected chi connectivity index (χ1v) is 9.56. The lowest BCUT2D eigenvalue weighted by atomic mass is 9.94. The number of piperidine rings is 1. The smallest absolute Gasteiger partial charge is 0.251 e. The van der Waals surface area contributed by atoms with Crippen molar-refractivity contribution in [3.05, 3.63) is 35.4 Å². The molecule has 0 saturated carbocycles. The molecule has 0 unspecified atom stereocenters. The summed E-state index contributed by atoms with van der Waals surface area (Å²) in [5, 5.41) is 3.08. The minimum Gasteiger partial charge on any atom is -0.379 e. The van der Waals surface area contributed by atoms with Crippen molar-refractivity contribution in [3.63, 3.8) is 0 Å². The summed E-state index contributed by atoms with van der Waals surface area (Å²) in [5.41, 5.74) is 2.01. The number of rotatable bonds is 6. The van der Waals surface area contributed by atoms with E-state index in [4.69, 9.17) is 4.74 Å². The Labute approximate surface area is 151 Å². The van der Waals surface area contributed by atoms with E-state index in [1.54, 1.807) is 0 Å². The second kappa shape index (κ2) is 9.32. The van der Waals surface area contributed by atoms with Gasteiger partial charge in [0.25, 0.3) is 5.91 Å². The quantitative estimate of drug-likeness (QED) is 0.856. The van der Waals surface area contributed by atoms with Gasteiger partial charge in [0, 0.05) is 31.7 Å². The van der Waals surface area contributed by atoms with Crippen molar-refractivity contribution in [1.82, 2.24) is 15.1 Å². The molecule has 0 spiro atoms. The Bertz CT molecular complexity index is 532. The van der Waals surface area contributed by atoms with Gasteiger partial charge in [-0.25, -0.2) is 0 Å². The van der Waals surface area contributed by atoms with Crippen LogP contribution in [0.25, 0.3) is 0 Å². The normalized spacial score (nSPS) is 20.5. The van der Waals surface area contributed by atoms with Gasteiger partial charge in [-0.3, -0.25) is 9.69 Å². The number of carbonyl (C=O) groups is 1. The van der Waals surface area contributed by atoms with E-state index in [0.29, 0.717) is 0 Å². The van der Waals surface area contributed by atoms with Crippen molar-refractivity contribution in [3.8, 4) is 0 Å². The van der Waals surface area contributed by atoms with E-state index >= 15 is 0 Å². The summed E-state index contributed by atoms with van der Waals surface area (Å²) in [6, 6.07) is 8.03. The fourth-order valence-electron chi connectivity index (χ4n) is 3.62. The Morgan fingerprint density at radius 3 is 2.48 bits per heavy atom. The third kappa shape index (κ3) is 5.80. The van der Waals surface area contributed by atoms with Gasteiger partial charge in [-0.2, -0.15) is 0 Å². The number of ether oxygens (including phenoxy) is 1. The molecule has 3 rings (SSSR count). The SMILES string of the molecule is CN1CCC(CCNC(=O)c2ccc(CN3CCOCC3)cc2)CC1. The zero-order chi connectivity index (χ0) is 17.5.